The van der Waals surface area contributed by atoms with E-state index in [1.54, 1.807) is 24.4 Å². The summed E-state index contributed by atoms with van der Waals surface area (Å²) in [5.74, 6) is 0.140. The normalized spacial score (nSPS) is 18.5. The van der Waals surface area contributed by atoms with Crippen molar-refractivity contribution in [1.29, 1.82) is 0 Å². The van der Waals surface area contributed by atoms with E-state index >= 15 is 0 Å². The molecule has 0 saturated carbocycles. The summed E-state index contributed by atoms with van der Waals surface area (Å²) in [6.45, 7) is 8.76. The van der Waals surface area contributed by atoms with Gasteiger partial charge in [0.2, 0.25) is 5.96 Å². The van der Waals surface area contributed by atoms with E-state index in [2.05, 4.69) is 49.0 Å². The number of rotatable bonds is 5. The molecule has 0 bridgehead atoms. The van der Waals surface area contributed by atoms with Crippen LogP contribution in [0, 0.1) is 6.92 Å². The Morgan fingerprint density at radius 2 is 1.87 bits per heavy atom. The number of carbonyl (C=O) groups is 1. The van der Waals surface area contributed by atoms with Crippen molar-refractivity contribution in [3.63, 3.8) is 0 Å². The van der Waals surface area contributed by atoms with E-state index < -0.39 is 17.6 Å². The highest BCUT2D eigenvalue weighted by molar-refractivity contribution is 6.41. The number of hydrogen-bond acceptors (Lipinski definition) is 8. The molecule has 2 aromatic carbocycles. The van der Waals surface area contributed by atoms with Crippen LogP contribution in [0.5, 0.6) is 0 Å². The van der Waals surface area contributed by atoms with Crippen molar-refractivity contribution < 1.29 is 18.0 Å². The first-order valence-electron chi connectivity index (χ1n) is 12.2. The number of carbonyl (C=O) groups excluding carboxylic acids is 1. The molecule has 0 spiro atoms. The number of nitrogens with two attached hydrogens (primary N) is 1. The molecule has 1 amide bonds. The predicted molar refractivity (Wildman–Crippen MR) is 148 cm³/mol. The van der Waals surface area contributed by atoms with E-state index in [0.29, 0.717) is 23.1 Å². The van der Waals surface area contributed by atoms with Crippen LogP contribution in [0.1, 0.15) is 21.5 Å². The fourth-order valence-corrected chi connectivity index (χ4v) is 3.99. The lowest BCUT2D eigenvalue weighted by Gasteiger charge is -2.33. The summed E-state index contributed by atoms with van der Waals surface area (Å²) in [4.78, 5) is 30.5. The lowest BCUT2D eigenvalue weighted by molar-refractivity contribution is -0.137. The summed E-state index contributed by atoms with van der Waals surface area (Å²) >= 11 is 0. The minimum atomic E-state index is -4.52. The molecule has 0 atom stereocenters. The van der Waals surface area contributed by atoms with Crippen molar-refractivity contribution in [3.8, 4) is 0 Å². The SMILES string of the molecule is C=C/N=C1/C=NC(N2CCN(C)CC2)=N/C1=C(/N)Nc1cc(C(=O)Nc2cccc(C(F)(F)F)c2)ccc1C. The minimum Gasteiger partial charge on any atom is -0.383 e. The second kappa shape index (κ2) is 11.5. The van der Waals surface area contributed by atoms with Gasteiger partial charge in [0.05, 0.1) is 11.8 Å². The van der Waals surface area contributed by atoms with Gasteiger partial charge in [0.15, 0.2) is 0 Å². The highest BCUT2D eigenvalue weighted by Gasteiger charge is 2.30. The van der Waals surface area contributed by atoms with Gasteiger partial charge in [-0.1, -0.05) is 18.7 Å². The summed E-state index contributed by atoms with van der Waals surface area (Å²) in [5.41, 5.74) is 7.94. The van der Waals surface area contributed by atoms with Crippen LogP contribution < -0.4 is 16.4 Å². The van der Waals surface area contributed by atoms with Crippen LogP contribution in [0.25, 0.3) is 0 Å². The largest absolute Gasteiger partial charge is 0.416 e. The molecule has 2 heterocycles. The van der Waals surface area contributed by atoms with Crippen molar-refractivity contribution in [1.82, 2.24) is 9.80 Å². The summed E-state index contributed by atoms with van der Waals surface area (Å²) in [6, 6.07) is 9.31. The number of nitrogens with zero attached hydrogens (tertiary/aromatic N) is 5. The van der Waals surface area contributed by atoms with Crippen LogP contribution in [0.4, 0.5) is 24.5 Å². The van der Waals surface area contributed by atoms with Gasteiger partial charge < -0.3 is 26.2 Å². The number of allylic oxidation sites excluding steroid dienone is 1. The van der Waals surface area contributed by atoms with E-state index in [4.69, 9.17) is 5.73 Å². The molecule has 2 aromatic rings. The monoisotopic (exact) mass is 538 g/mol. The van der Waals surface area contributed by atoms with Crippen molar-refractivity contribution in [2.45, 2.75) is 13.1 Å². The summed E-state index contributed by atoms with van der Waals surface area (Å²) in [7, 11) is 2.06. The van der Waals surface area contributed by atoms with Crippen LogP contribution in [0.3, 0.4) is 0 Å². The number of aliphatic imine (C=N–C) groups is 3. The molecule has 4 rings (SSSR count). The molecular formula is C27H29F3N8O. The van der Waals surface area contributed by atoms with Crippen LogP contribution in [-0.4, -0.2) is 66.8 Å². The van der Waals surface area contributed by atoms with Crippen LogP contribution >= 0.6 is 0 Å². The third-order valence-electron chi connectivity index (χ3n) is 6.25. The maximum atomic E-state index is 13.0. The highest BCUT2D eigenvalue weighted by atomic mass is 19.4. The van der Waals surface area contributed by atoms with Gasteiger partial charge in [0.1, 0.15) is 17.2 Å². The minimum absolute atomic E-state index is 0.0316. The molecule has 0 unspecified atom stereocenters. The predicted octanol–water partition coefficient (Wildman–Crippen LogP) is 4.08. The second-order valence-electron chi connectivity index (χ2n) is 9.11. The first kappa shape index (κ1) is 27.6. The summed E-state index contributed by atoms with van der Waals surface area (Å²) < 4.78 is 39.1. The Morgan fingerprint density at radius 1 is 1.13 bits per heavy atom. The number of nitrogens with one attached hydrogen (secondary N) is 2. The lowest BCUT2D eigenvalue weighted by Crippen LogP contribution is -2.47. The first-order chi connectivity index (χ1) is 18.5. The van der Waals surface area contributed by atoms with Gasteiger partial charge in [-0.15, -0.1) is 0 Å². The molecule has 2 aliphatic rings. The van der Waals surface area contributed by atoms with E-state index in [-0.39, 0.29) is 17.1 Å². The van der Waals surface area contributed by atoms with Gasteiger partial charge in [-0.05, 0) is 49.9 Å². The smallest absolute Gasteiger partial charge is 0.383 e. The number of piperazine rings is 1. The molecular weight excluding hydrogens is 509 g/mol. The average Bonchev–Trinajstić information content (AvgIpc) is 2.90. The number of amides is 1. The van der Waals surface area contributed by atoms with Gasteiger partial charge in [-0.3, -0.25) is 9.79 Å². The Bertz CT molecular complexity index is 1390. The van der Waals surface area contributed by atoms with Crippen LogP contribution in [0.2, 0.25) is 0 Å². The Kier molecular flexibility index (Phi) is 8.15. The molecule has 0 radical (unpaired) electrons. The maximum absolute atomic E-state index is 13.0. The molecule has 204 valence electrons. The average molecular weight is 539 g/mol. The number of hydrogen-bond donors (Lipinski definition) is 3. The van der Waals surface area contributed by atoms with Crippen molar-refractivity contribution in [2.75, 3.05) is 43.9 Å². The topological polar surface area (TPSA) is 111 Å². The van der Waals surface area contributed by atoms with Crippen molar-refractivity contribution >= 4 is 35.2 Å². The van der Waals surface area contributed by atoms with Crippen molar-refractivity contribution in [3.05, 3.63) is 83.5 Å². The van der Waals surface area contributed by atoms with Gasteiger partial charge in [0, 0.05) is 49.3 Å². The van der Waals surface area contributed by atoms with E-state index in [1.165, 1.54) is 18.3 Å². The summed E-state index contributed by atoms with van der Waals surface area (Å²) in [5, 5.41) is 5.62. The quantitative estimate of drug-likeness (QED) is 0.532. The van der Waals surface area contributed by atoms with Crippen LogP contribution in [0.15, 0.2) is 81.7 Å². The molecule has 1 saturated heterocycles. The molecule has 12 heteroatoms. The number of halogens is 3. The van der Waals surface area contributed by atoms with E-state index in [1.807, 2.05) is 6.92 Å². The molecule has 4 N–H and O–H groups in total. The molecule has 2 aliphatic heterocycles. The fraction of sp³-hybridized carbons (Fsp3) is 0.259. The Morgan fingerprint density at radius 3 is 2.56 bits per heavy atom. The van der Waals surface area contributed by atoms with Gasteiger partial charge in [-0.25, -0.2) is 9.98 Å². The zero-order valence-corrected chi connectivity index (χ0v) is 21.6. The Hall–Kier alpha value is -4.45. The Labute approximate surface area is 224 Å². The number of alkyl halides is 3. The van der Waals surface area contributed by atoms with Gasteiger partial charge >= 0.3 is 6.18 Å². The zero-order chi connectivity index (χ0) is 28.2. The third-order valence-corrected chi connectivity index (χ3v) is 6.25. The second-order valence-corrected chi connectivity index (χ2v) is 9.11. The van der Waals surface area contributed by atoms with Crippen LogP contribution in [-0.2, 0) is 6.18 Å². The number of likely N-dealkylation sites (N-methyl/N-ethyl adjacent to an activating group) is 1. The number of anilines is 2. The van der Waals surface area contributed by atoms with Crippen molar-refractivity contribution in [2.24, 2.45) is 20.7 Å². The van der Waals surface area contributed by atoms with Gasteiger partial charge in [-0.2, -0.15) is 13.2 Å². The fourth-order valence-electron chi connectivity index (χ4n) is 3.99. The molecule has 0 aromatic heterocycles. The standard InChI is InChI=1S/C27H29F3N8O/c1-4-32-22-16-33-26(38-12-10-37(3)11-13-38)36-23(22)24(31)35-21-14-18(9-8-17(21)2)25(39)34-20-7-5-6-19(15-20)27(28,29)30/h4-9,14-16,35H,1,10-13,31H2,2-3H3,(H,34,39)/b24-23-,32-22-. The van der Waals surface area contributed by atoms with Gasteiger partial charge in [0.25, 0.3) is 5.91 Å². The molecule has 39 heavy (non-hydrogen) atoms. The zero-order valence-electron chi connectivity index (χ0n) is 21.6. The number of guanidine groups is 1. The highest BCUT2D eigenvalue weighted by Crippen LogP contribution is 2.31. The number of aryl methyl sites for hydroxylation is 1. The molecule has 0 aliphatic carbocycles. The van der Waals surface area contributed by atoms with E-state index in [0.717, 1.165) is 43.9 Å². The van der Waals surface area contributed by atoms with E-state index in [9.17, 15) is 18.0 Å². The molecule has 9 nitrogen and oxygen atoms in total. The summed E-state index contributed by atoms with van der Waals surface area (Å²) in [6.07, 6.45) is -1.57. The Balaban J connectivity index is 1.58. The first-order valence-corrected chi connectivity index (χ1v) is 12.2. The maximum Gasteiger partial charge on any atom is 0.416 e. The third kappa shape index (κ3) is 6.71. The lowest BCUT2D eigenvalue weighted by atomic mass is 10.1. The molecule has 1 fully saturated rings. The number of benzene rings is 2.